The lowest BCUT2D eigenvalue weighted by Crippen LogP contribution is -2.41. The molecule has 0 aromatic carbocycles. The van der Waals surface area contributed by atoms with Gasteiger partial charge in [0.1, 0.15) is 0 Å². The van der Waals surface area contributed by atoms with E-state index in [0.29, 0.717) is 12.1 Å². The molecule has 44 valence electrons. The largest absolute Gasteiger partial charge is 0.294 e. The fourth-order valence-electron chi connectivity index (χ4n) is 1.17. The second kappa shape index (κ2) is 1.57. The van der Waals surface area contributed by atoms with Gasteiger partial charge in [-0.15, -0.1) is 0 Å². The van der Waals surface area contributed by atoms with Crippen LogP contribution in [-0.2, 0) is 4.84 Å². The molecule has 2 heteroatoms. The van der Waals surface area contributed by atoms with Crippen molar-refractivity contribution in [2.75, 3.05) is 0 Å². The summed E-state index contributed by atoms with van der Waals surface area (Å²) in [5.41, 5.74) is 2.93. The van der Waals surface area contributed by atoms with Gasteiger partial charge < -0.3 is 0 Å². The van der Waals surface area contributed by atoms with Gasteiger partial charge in [0.15, 0.2) is 0 Å². The number of fused-ring (bicyclic) bond motifs is 2. The highest BCUT2D eigenvalue weighted by Crippen LogP contribution is 2.18. The van der Waals surface area contributed by atoms with E-state index in [2.05, 4.69) is 17.6 Å². The van der Waals surface area contributed by atoms with Crippen molar-refractivity contribution in [2.24, 2.45) is 0 Å². The van der Waals surface area contributed by atoms with Crippen molar-refractivity contribution in [3.8, 4) is 0 Å². The topological polar surface area (TPSA) is 21.3 Å². The molecule has 0 amide bonds. The number of nitrogens with one attached hydrogen (secondary N) is 1. The summed E-state index contributed by atoms with van der Waals surface area (Å²) in [6.07, 6.45) is 7.09. The molecule has 0 aromatic heterocycles. The van der Waals surface area contributed by atoms with Crippen molar-refractivity contribution in [2.45, 2.75) is 25.0 Å². The van der Waals surface area contributed by atoms with E-state index in [4.69, 9.17) is 4.84 Å². The first kappa shape index (κ1) is 4.53. The van der Waals surface area contributed by atoms with E-state index < -0.39 is 0 Å². The maximum absolute atomic E-state index is 5.14. The molecule has 8 heavy (non-hydrogen) atoms. The van der Waals surface area contributed by atoms with Crippen LogP contribution in [-0.4, -0.2) is 12.1 Å². The standard InChI is InChI=1S/C6H9NO/c1-3-6-4-2-5(1)7-8-6/h1,3,5-7H,2,4H2/t5-,6-/m0/s1. The molecule has 2 atom stereocenters. The SMILES string of the molecule is C1=C[C@H]2CC[C@H]1NO2. The van der Waals surface area contributed by atoms with E-state index >= 15 is 0 Å². The lowest BCUT2D eigenvalue weighted by molar-refractivity contribution is -0.0574. The summed E-state index contributed by atoms with van der Waals surface area (Å²) in [7, 11) is 0. The lowest BCUT2D eigenvalue weighted by Gasteiger charge is -2.30. The van der Waals surface area contributed by atoms with Crippen LogP contribution in [0.15, 0.2) is 12.2 Å². The summed E-state index contributed by atoms with van der Waals surface area (Å²) in [5, 5.41) is 0. The van der Waals surface area contributed by atoms with Gasteiger partial charge in [0.2, 0.25) is 0 Å². The van der Waals surface area contributed by atoms with Crippen molar-refractivity contribution in [1.29, 1.82) is 0 Å². The Labute approximate surface area is 48.5 Å². The van der Waals surface area contributed by atoms with Gasteiger partial charge in [-0.1, -0.05) is 12.2 Å². The lowest BCUT2D eigenvalue weighted by atomic mass is 10.00. The van der Waals surface area contributed by atoms with E-state index in [1.807, 2.05) is 0 Å². The highest BCUT2D eigenvalue weighted by atomic mass is 16.7. The Bertz CT molecular complexity index is 99.7. The van der Waals surface area contributed by atoms with Crippen LogP contribution >= 0.6 is 0 Å². The average Bonchev–Trinajstić information content (AvgIpc) is 1.92. The first-order chi connectivity index (χ1) is 3.95. The van der Waals surface area contributed by atoms with Crippen molar-refractivity contribution in [3.05, 3.63) is 12.2 Å². The van der Waals surface area contributed by atoms with Gasteiger partial charge in [0.25, 0.3) is 0 Å². The molecule has 0 aromatic rings. The molecule has 0 spiro atoms. The predicted molar refractivity (Wildman–Crippen MR) is 30.2 cm³/mol. The van der Waals surface area contributed by atoms with Crippen LogP contribution in [0.2, 0.25) is 0 Å². The predicted octanol–water partition coefficient (Wildman–Crippen LogP) is 0.608. The normalized spacial score (nSPS) is 43.0. The molecule has 0 unspecified atom stereocenters. The van der Waals surface area contributed by atoms with Gasteiger partial charge in [0.05, 0.1) is 12.1 Å². The monoisotopic (exact) mass is 111 g/mol. The van der Waals surface area contributed by atoms with Crippen LogP contribution in [0.25, 0.3) is 0 Å². The van der Waals surface area contributed by atoms with Crippen LogP contribution in [0.1, 0.15) is 12.8 Å². The van der Waals surface area contributed by atoms with Gasteiger partial charge in [-0.25, -0.2) is 0 Å². The number of hydroxylamine groups is 1. The molecular formula is C6H9NO. The summed E-state index contributed by atoms with van der Waals surface area (Å²) >= 11 is 0. The molecule has 1 N–H and O–H groups in total. The summed E-state index contributed by atoms with van der Waals surface area (Å²) in [4.78, 5) is 5.14. The number of rotatable bonds is 0. The Morgan fingerprint density at radius 3 is 2.50 bits per heavy atom. The zero-order chi connectivity index (χ0) is 5.40. The third-order valence-corrected chi connectivity index (χ3v) is 1.69. The second-order valence-corrected chi connectivity index (χ2v) is 2.34. The molecular weight excluding hydrogens is 102 g/mol. The quantitative estimate of drug-likeness (QED) is 0.462. The minimum atomic E-state index is 0.361. The minimum Gasteiger partial charge on any atom is -0.294 e. The minimum absolute atomic E-state index is 0.361. The van der Waals surface area contributed by atoms with Crippen LogP contribution in [0, 0.1) is 0 Å². The molecule has 3 aliphatic rings. The molecule has 2 bridgehead atoms. The summed E-state index contributed by atoms with van der Waals surface area (Å²) < 4.78 is 0. The molecule has 1 fully saturated rings. The first-order valence-corrected chi connectivity index (χ1v) is 3.04. The Morgan fingerprint density at radius 1 is 1.38 bits per heavy atom. The maximum atomic E-state index is 5.14. The third-order valence-electron chi connectivity index (χ3n) is 1.69. The summed E-state index contributed by atoms with van der Waals surface area (Å²) in [6.45, 7) is 0. The summed E-state index contributed by atoms with van der Waals surface area (Å²) in [6, 6.07) is 0.500. The van der Waals surface area contributed by atoms with Crippen molar-refractivity contribution in [3.63, 3.8) is 0 Å². The van der Waals surface area contributed by atoms with E-state index in [9.17, 15) is 0 Å². The molecule has 0 saturated carbocycles. The third kappa shape index (κ3) is 0.572. The Balaban J connectivity index is 2.20. The Morgan fingerprint density at radius 2 is 2.38 bits per heavy atom. The molecule has 2 nitrogen and oxygen atoms in total. The van der Waals surface area contributed by atoms with Crippen molar-refractivity contribution in [1.82, 2.24) is 5.48 Å². The second-order valence-electron chi connectivity index (χ2n) is 2.34. The highest BCUT2D eigenvalue weighted by Gasteiger charge is 2.22. The molecule has 3 rings (SSSR count). The fraction of sp³-hybridized carbons (Fsp3) is 0.667. The molecule has 2 aliphatic heterocycles. The number of hydrogen-bond acceptors (Lipinski definition) is 2. The molecule has 1 saturated heterocycles. The van der Waals surface area contributed by atoms with Crippen LogP contribution in [0.4, 0.5) is 0 Å². The smallest absolute Gasteiger partial charge is 0.0972 e. The Kier molecular flexibility index (Phi) is 0.889. The average molecular weight is 111 g/mol. The van der Waals surface area contributed by atoms with E-state index in [1.54, 1.807) is 0 Å². The zero-order valence-corrected chi connectivity index (χ0v) is 4.63. The van der Waals surface area contributed by atoms with Gasteiger partial charge in [-0.05, 0) is 12.8 Å². The molecule has 0 radical (unpaired) electrons. The summed E-state index contributed by atoms with van der Waals surface area (Å²) in [5.74, 6) is 0. The van der Waals surface area contributed by atoms with Gasteiger partial charge >= 0.3 is 0 Å². The van der Waals surface area contributed by atoms with Gasteiger partial charge in [-0.3, -0.25) is 4.84 Å². The van der Waals surface area contributed by atoms with Gasteiger partial charge in [0, 0.05) is 0 Å². The van der Waals surface area contributed by atoms with E-state index in [-0.39, 0.29) is 0 Å². The van der Waals surface area contributed by atoms with Crippen LogP contribution in [0.3, 0.4) is 0 Å². The van der Waals surface area contributed by atoms with Crippen LogP contribution in [0.5, 0.6) is 0 Å². The zero-order valence-electron chi connectivity index (χ0n) is 4.63. The van der Waals surface area contributed by atoms with Crippen molar-refractivity contribution >= 4 is 0 Å². The van der Waals surface area contributed by atoms with Crippen molar-refractivity contribution < 1.29 is 4.84 Å². The fourth-order valence-corrected chi connectivity index (χ4v) is 1.17. The first-order valence-electron chi connectivity index (χ1n) is 3.04. The van der Waals surface area contributed by atoms with Crippen LogP contribution < -0.4 is 5.48 Å². The molecule has 2 heterocycles. The van der Waals surface area contributed by atoms with E-state index in [0.717, 1.165) is 0 Å². The Hall–Kier alpha value is -0.340. The highest BCUT2D eigenvalue weighted by molar-refractivity contribution is 5.04. The van der Waals surface area contributed by atoms with E-state index in [1.165, 1.54) is 12.8 Å². The maximum Gasteiger partial charge on any atom is 0.0972 e. The number of hydrogen-bond donors (Lipinski definition) is 1. The van der Waals surface area contributed by atoms with Gasteiger partial charge in [-0.2, -0.15) is 5.48 Å². The molecule has 1 aliphatic carbocycles.